The molecule has 5 heteroatoms. The fraction of sp³-hybridized carbons (Fsp3) is 0. The minimum absolute atomic E-state index is 0.677. The van der Waals surface area contributed by atoms with Crippen LogP contribution < -0.4 is 0 Å². The van der Waals surface area contributed by atoms with Gasteiger partial charge in [-0.3, -0.25) is 0 Å². The van der Waals surface area contributed by atoms with Gasteiger partial charge in [0.25, 0.3) is 0 Å². The van der Waals surface area contributed by atoms with Crippen LogP contribution >= 0.6 is 0 Å². The molecular formula is C65H39N3O2. The van der Waals surface area contributed by atoms with Crippen molar-refractivity contribution in [3.8, 4) is 78.5 Å². The van der Waals surface area contributed by atoms with Crippen molar-refractivity contribution in [2.45, 2.75) is 0 Å². The number of nitrogens with zero attached hydrogens (tertiary/aromatic N) is 3. The SMILES string of the molecule is c1ccc(-c2nc(-c3ccc(-c4ccc(-c5nc6ccccc6c6c(-c7ccccc7)c7c(cc56)oc5ccccc57)cc4)cc3)cc(-c3ccc(-c4cccc5c4oc4ccccc45)cc3)n2)cc1. The molecule has 4 aromatic heterocycles. The number of furan rings is 2. The van der Waals surface area contributed by atoms with Gasteiger partial charge in [-0.1, -0.05) is 206 Å². The molecule has 0 saturated carbocycles. The Balaban J connectivity index is 0.824. The van der Waals surface area contributed by atoms with Crippen molar-refractivity contribution in [3.05, 3.63) is 237 Å². The number of para-hydroxylation sites is 4. The van der Waals surface area contributed by atoms with Gasteiger partial charge < -0.3 is 8.83 Å². The predicted octanol–water partition coefficient (Wildman–Crippen LogP) is 17.6. The standard InChI is InChI=1S/C65H39N3O2/c1-3-14-45(15-4-1)60-61-51-19-7-10-23-54(51)66-63(53(61)38-59-62(60)52-20-9-12-25-58(52)69-59)46-36-28-41(29-37-46)40-26-32-43(33-27-40)55-39-56(68-65(67-55)47-16-5-2-6-17-47)44-34-30-42(31-35-44)48-21-13-22-50-49-18-8-11-24-57(49)70-64(48)50/h1-39H. The van der Waals surface area contributed by atoms with E-state index in [1.165, 1.54) is 5.39 Å². The van der Waals surface area contributed by atoms with Crippen LogP contribution in [-0.4, -0.2) is 15.0 Å². The van der Waals surface area contributed by atoms with Crippen molar-refractivity contribution in [2.75, 3.05) is 0 Å². The van der Waals surface area contributed by atoms with E-state index in [0.717, 1.165) is 133 Å². The average Bonchev–Trinajstić information content (AvgIpc) is 4.01. The van der Waals surface area contributed by atoms with E-state index in [4.69, 9.17) is 23.8 Å². The van der Waals surface area contributed by atoms with E-state index in [9.17, 15) is 0 Å². The lowest BCUT2D eigenvalue weighted by Crippen LogP contribution is -1.96. The molecule has 0 unspecified atom stereocenters. The molecule has 0 saturated heterocycles. The Morgan fingerprint density at radius 3 is 1.50 bits per heavy atom. The second-order valence-corrected chi connectivity index (χ2v) is 17.8. The molecule has 326 valence electrons. The van der Waals surface area contributed by atoms with Crippen LogP contribution in [-0.2, 0) is 0 Å². The van der Waals surface area contributed by atoms with E-state index in [0.29, 0.717) is 5.82 Å². The van der Waals surface area contributed by atoms with Gasteiger partial charge in [0, 0.05) is 71.1 Å². The Labute approximate surface area is 402 Å². The predicted molar refractivity (Wildman–Crippen MR) is 287 cm³/mol. The van der Waals surface area contributed by atoms with Crippen LogP contribution in [0.3, 0.4) is 0 Å². The van der Waals surface area contributed by atoms with Gasteiger partial charge in [-0.25, -0.2) is 15.0 Å². The highest BCUT2D eigenvalue weighted by Gasteiger charge is 2.22. The van der Waals surface area contributed by atoms with Crippen LogP contribution in [0.4, 0.5) is 0 Å². The molecule has 0 aliphatic carbocycles. The third kappa shape index (κ3) is 6.59. The molecule has 0 amide bonds. The van der Waals surface area contributed by atoms with Crippen molar-refractivity contribution in [1.82, 2.24) is 15.0 Å². The summed E-state index contributed by atoms with van der Waals surface area (Å²) < 4.78 is 13.0. The first-order valence-electron chi connectivity index (χ1n) is 23.6. The molecule has 0 aliphatic heterocycles. The van der Waals surface area contributed by atoms with Crippen LogP contribution in [0.5, 0.6) is 0 Å². The van der Waals surface area contributed by atoms with Crippen molar-refractivity contribution < 1.29 is 8.83 Å². The number of pyridine rings is 1. The smallest absolute Gasteiger partial charge is 0.160 e. The van der Waals surface area contributed by atoms with Gasteiger partial charge in [0.2, 0.25) is 0 Å². The molecule has 70 heavy (non-hydrogen) atoms. The molecule has 0 bridgehead atoms. The van der Waals surface area contributed by atoms with E-state index in [1.807, 2.05) is 36.4 Å². The number of aromatic nitrogens is 3. The third-order valence-electron chi connectivity index (χ3n) is 13.7. The number of rotatable bonds is 7. The lowest BCUT2D eigenvalue weighted by molar-refractivity contribution is 0.669. The third-order valence-corrected chi connectivity index (χ3v) is 13.7. The summed E-state index contributed by atoms with van der Waals surface area (Å²) in [5.74, 6) is 0.677. The largest absolute Gasteiger partial charge is 0.456 e. The summed E-state index contributed by atoms with van der Waals surface area (Å²) in [6.45, 7) is 0. The van der Waals surface area contributed by atoms with E-state index in [1.54, 1.807) is 0 Å². The minimum atomic E-state index is 0.677. The Hall–Kier alpha value is -9.45. The molecule has 14 aromatic rings. The number of fused-ring (bicyclic) bond motifs is 9. The van der Waals surface area contributed by atoms with E-state index < -0.39 is 0 Å². The Morgan fingerprint density at radius 1 is 0.286 bits per heavy atom. The zero-order chi connectivity index (χ0) is 46.1. The Bertz CT molecular complexity index is 4310. The van der Waals surface area contributed by atoms with Gasteiger partial charge in [0.05, 0.1) is 22.6 Å². The highest BCUT2D eigenvalue weighted by Crippen LogP contribution is 2.46. The minimum Gasteiger partial charge on any atom is -0.456 e. The fourth-order valence-electron chi connectivity index (χ4n) is 10.3. The summed E-state index contributed by atoms with van der Waals surface area (Å²) in [6, 6.07) is 82.5. The molecule has 0 N–H and O–H groups in total. The highest BCUT2D eigenvalue weighted by atomic mass is 16.3. The maximum absolute atomic E-state index is 6.60. The summed E-state index contributed by atoms with van der Waals surface area (Å²) in [5.41, 5.74) is 17.7. The summed E-state index contributed by atoms with van der Waals surface area (Å²) in [7, 11) is 0. The molecule has 0 radical (unpaired) electrons. The molecular weight excluding hydrogens is 855 g/mol. The molecule has 5 nitrogen and oxygen atoms in total. The van der Waals surface area contributed by atoms with Crippen LogP contribution in [0, 0.1) is 0 Å². The molecule has 0 fully saturated rings. The average molecular weight is 894 g/mol. The topological polar surface area (TPSA) is 65.0 Å². The van der Waals surface area contributed by atoms with E-state index in [-0.39, 0.29) is 0 Å². The normalized spacial score (nSPS) is 11.7. The van der Waals surface area contributed by atoms with Gasteiger partial charge in [-0.2, -0.15) is 0 Å². The molecule has 0 aliphatic rings. The number of benzene rings is 10. The first kappa shape index (κ1) is 39.7. The lowest BCUT2D eigenvalue weighted by atomic mass is 9.89. The summed E-state index contributed by atoms with van der Waals surface area (Å²) >= 11 is 0. The molecule has 0 atom stereocenters. The van der Waals surface area contributed by atoms with Crippen molar-refractivity contribution in [2.24, 2.45) is 0 Å². The second-order valence-electron chi connectivity index (χ2n) is 17.8. The monoisotopic (exact) mass is 893 g/mol. The van der Waals surface area contributed by atoms with Gasteiger partial charge in [0.15, 0.2) is 5.82 Å². The summed E-state index contributed by atoms with van der Waals surface area (Å²) in [6.07, 6.45) is 0. The molecule has 4 heterocycles. The maximum Gasteiger partial charge on any atom is 0.160 e. The second kappa shape index (κ2) is 16.1. The quantitative estimate of drug-likeness (QED) is 0.149. The Kier molecular flexibility index (Phi) is 9.14. The highest BCUT2D eigenvalue weighted by molar-refractivity contribution is 6.27. The first-order chi connectivity index (χ1) is 34.7. The zero-order valence-corrected chi connectivity index (χ0v) is 37.7. The van der Waals surface area contributed by atoms with E-state index >= 15 is 0 Å². The van der Waals surface area contributed by atoms with E-state index in [2.05, 4.69) is 200 Å². The molecule has 10 aromatic carbocycles. The summed E-state index contributed by atoms with van der Waals surface area (Å²) in [5, 5.41) is 7.79. The number of hydrogen-bond acceptors (Lipinski definition) is 5. The lowest BCUT2D eigenvalue weighted by Gasteiger charge is -2.16. The van der Waals surface area contributed by atoms with Crippen LogP contribution in [0.25, 0.3) is 144 Å². The number of hydrogen-bond donors (Lipinski definition) is 0. The van der Waals surface area contributed by atoms with Crippen molar-refractivity contribution in [1.29, 1.82) is 0 Å². The van der Waals surface area contributed by atoms with Gasteiger partial charge in [0.1, 0.15) is 22.3 Å². The van der Waals surface area contributed by atoms with Gasteiger partial charge in [-0.05, 0) is 52.6 Å². The zero-order valence-electron chi connectivity index (χ0n) is 37.7. The van der Waals surface area contributed by atoms with Crippen molar-refractivity contribution in [3.63, 3.8) is 0 Å². The van der Waals surface area contributed by atoms with Gasteiger partial charge >= 0.3 is 0 Å². The van der Waals surface area contributed by atoms with Crippen molar-refractivity contribution >= 4 is 65.6 Å². The molecule has 14 rings (SSSR count). The van der Waals surface area contributed by atoms with Crippen LogP contribution in [0.2, 0.25) is 0 Å². The summed E-state index contributed by atoms with van der Waals surface area (Å²) in [4.78, 5) is 15.6. The van der Waals surface area contributed by atoms with Crippen LogP contribution in [0.1, 0.15) is 0 Å². The molecule has 0 spiro atoms. The Morgan fingerprint density at radius 2 is 0.814 bits per heavy atom. The maximum atomic E-state index is 6.60. The van der Waals surface area contributed by atoms with Gasteiger partial charge in [-0.15, -0.1) is 0 Å². The van der Waals surface area contributed by atoms with Crippen LogP contribution in [0.15, 0.2) is 245 Å². The fourth-order valence-corrected chi connectivity index (χ4v) is 10.3. The first-order valence-corrected chi connectivity index (χ1v) is 23.6.